The van der Waals surface area contributed by atoms with Gasteiger partial charge in [-0.3, -0.25) is 4.68 Å². The molecular formula is C12H10ClF3N4. The van der Waals surface area contributed by atoms with Crippen LogP contribution in [-0.4, -0.2) is 14.8 Å². The molecule has 0 amide bonds. The van der Waals surface area contributed by atoms with Crippen LogP contribution in [-0.2, 0) is 26.3 Å². The van der Waals surface area contributed by atoms with Crippen molar-refractivity contribution < 1.29 is 13.2 Å². The molecule has 1 aliphatic heterocycles. The largest absolute Gasteiger partial charge is 0.417 e. The number of pyridine rings is 1. The van der Waals surface area contributed by atoms with Gasteiger partial charge in [0.05, 0.1) is 29.0 Å². The molecule has 106 valence electrons. The number of fused-ring (bicyclic) bond motifs is 1. The minimum atomic E-state index is -4.44. The fourth-order valence-electron chi connectivity index (χ4n) is 2.25. The first-order valence-electron chi connectivity index (χ1n) is 5.83. The molecule has 3 heterocycles. The van der Waals surface area contributed by atoms with Crippen LogP contribution < -0.4 is 4.90 Å². The minimum absolute atomic E-state index is 0.000547. The zero-order chi connectivity index (χ0) is 14.5. The number of rotatable bonds is 1. The quantitative estimate of drug-likeness (QED) is 0.812. The molecule has 0 spiro atoms. The smallest absolute Gasteiger partial charge is 0.345 e. The molecule has 0 radical (unpaired) electrons. The van der Waals surface area contributed by atoms with Gasteiger partial charge in [-0.25, -0.2) is 4.98 Å². The van der Waals surface area contributed by atoms with E-state index in [0.29, 0.717) is 18.9 Å². The Morgan fingerprint density at radius 1 is 1.25 bits per heavy atom. The second-order valence-electron chi connectivity index (χ2n) is 4.62. The van der Waals surface area contributed by atoms with Crippen molar-refractivity contribution in [3.63, 3.8) is 0 Å². The van der Waals surface area contributed by atoms with E-state index in [1.165, 1.54) is 0 Å². The molecule has 2 aromatic rings. The first-order valence-corrected chi connectivity index (χ1v) is 6.21. The summed E-state index contributed by atoms with van der Waals surface area (Å²) in [5.41, 5.74) is 1.21. The molecule has 0 unspecified atom stereocenters. The first kappa shape index (κ1) is 13.2. The van der Waals surface area contributed by atoms with E-state index in [9.17, 15) is 13.2 Å². The Bertz CT molecular complexity index is 665. The number of anilines is 1. The molecule has 2 aromatic heterocycles. The van der Waals surface area contributed by atoms with Crippen LogP contribution in [0.2, 0.25) is 5.02 Å². The van der Waals surface area contributed by atoms with Crippen LogP contribution in [0.1, 0.15) is 16.8 Å². The van der Waals surface area contributed by atoms with Crippen molar-refractivity contribution in [1.29, 1.82) is 0 Å². The average Bonchev–Trinajstić information content (AvgIpc) is 2.91. The summed E-state index contributed by atoms with van der Waals surface area (Å²) in [6.45, 7) is 1.07. The fraction of sp³-hybridized carbons (Fsp3) is 0.333. The molecule has 0 aliphatic carbocycles. The molecule has 4 nitrogen and oxygen atoms in total. The predicted molar refractivity (Wildman–Crippen MR) is 67.3 cm³/mol. The molecule has 0 N–H and O–H groups in total. The van der Waals surface area contributed by atoms with E-state index in [4.69, 9.17) is 11.6 Å². The monoisotopic (exact) mass is 302 g/mol. The molecule has 8 heteroatoms. The molecule has 0 saturated carbocycles. The summed E-state index contributed by atoms with van der Waals surface area (Å²) < 4.78 is 39.5. The van der Waals surface area contributed by atoms with Crippen molar-refractivity contribution in [2.45, 2.75) is 19.3 Å². The van der Waals surface area contributed by atoms with Gasteiger partial charge in [-0.15, -0.1) is 0 Å². The second-order valence-corrected chi connectivity index (χ2v) is 5.03. The number of alkyl halides is 3. The minimum Gasteiger partial charge on any atom is -0.345 e. The topological polar surface area (TPSA) is 34.0 Å². The summed E-state index contributed by atoms with van der Waals surface area (Å²) in [7, 11) is 1.82. The summed E-state index contributed by atoms with van der Waals surface area (Å²) in [4.78, 5) is 5.69. The average molecular weight is 303 g/mol. The van der Waals surface area contributed by atoms with Gasteiger partial charge in [0.15, 0.2) is 0 Å². The maximum atomic E-state index is 12.6. The molecular weight excluding hydrogens is 293 g/mol. The lowest BCUT2D eigenvalue weighted by Crippen LogP contribution is -2.18. The molecule has 0 fully saturated rings. The van der Waals surface area contributed by atoms with Crippen LogP contribution >= 0.6 is 11.6 Å². The van der Waals surface area contributed by atoms with E-state index < -0.39 is 11.7 Å². The molecule has 0 saturated heterocycles. The predicted octanol–water partition coefficient (Wildman–Crippen LogP) is 3.01. The SMILES string of the molecule is Cn1ncc2c1CN(c1ncc(C(F)(F)F)cc1Cl)C2. The van der Waals surface area contributed by atoms with Gasteiger partial charge in [0, 0.05) is 25.4 Å². The molecule has 0 aromatic carbocycles. The normalized spacial score (nSPS) is 14.8. The van der Waals surface area contributed by atoms with Crippen LogP contribution in [0.4, 0.5) is 19.0 Å². The highest BCUT2D eigenvalue weighted by molar-refractivity contribution is 6.33. The van der Waals surface area contributed by atoms with Gasteiger partial charge < -0.3 is 4.90 Å². The Morgan fingerprint density at radius 2 is 2.00 bits per heavy atom. The van der Waals surface area contributed by atoms with Gasteiger partial charge in [-0.05, 0) is 6.07 Å². The number of aromatic nitrogens is 3. The van der Waals surface area contributed by atoms with Crippen LogP contribution in [0.25, 0.3) is 0 Å². The highest BCUT2D eigenvalue weighted by Gasteiger charge is 2.33. The highest BCUT2D eigenvalue weighted by atomic mass is 35.5. The lowest BCUT2D eigenvalue weighted by molar-refractivity contribution is -0.137. The third-order valence-corrected chi connectivity index (χ3v) is 3.58. The Kier molecular flexibility index (Phi) is 2.89. The Labute approximate surface area is 117 Å². The van der Waals surface area contributed by atoms with Crippen LogP contribution in [0.5, 0.6) is 0 Å². The van der Waals surface area contributed by atoms with Crippen molar-refractivity contribution in [1.82, 2.24) is 14.8 Å². The number of hydrogen-bond acceptors (Lipinski definition) is 3. The molecule has 20 heavy (non-hydrogen) atoms. The zero-order valence-electron chi connectivity index (χ0n) is 10.4. The van der Waals surface area contributed by atoms with Gasteiger partial charge in [0.1, 0.15) is 5.82 Å². The molecule has 3 rings (SSSR count). The lowest BCUT2D eigenvalue weighted by Gasteiger charge is -2.19. The Balaban J connectivity index is 1.90. The summed E-state index contributed by atoms with van der Waals surface area (Å²) in [6, 6.07) is 0.908. The van der Waals surface area contributed by atoms with E-state index in [2.05, 4.69) is 10.1 Å². The molecule has 0 atom stereocenters. The van der Waals surface area contributed by atoms with Crippen molar-refractivity contribution >= 4 is 17.4 Å². The maximum absolute atomic E-state index is 12.6. The van der Waals surface area contributed by atoms with Crippen molar-refractivity contribution in [3.05, 3.63) is 40.3 Å². The number of hydrogen-bond donors (Lipinski definition) is 0. The van der Waals surface area contributed by atoms with Crippen molar-refractivity contribution in [3.8, 4) is 0 Å². The first-order chi connectivity index (χ1) is 9.36. The van der Waals surface area contributed by atoms with E-state index in [1.807, 2.05) is 11.9 Å². The number of nitrogens with zero attached hydrogens (tertiary/aromatic N) is 4. The molecule has 1 aliphatic rings. The summed E-state index contributed by atoms with van der Waals surface area (Å²) in [5, 5.41) is 4.12. The van der Waals surface area contributed by atoms with Gasteiger partial charge >= 0.3 is 6.18 Å². The van der Waals surface area contributed by atoms with Gasteiger partial charge in [0.2, 0.25) is 0 Å². The summed E-state index contributed by atoms with van der Waals surface area (Å²) >= 11 is 5.94. The number of halogens is 4. The van der Waals surface area contributed by atoms with Crippen LogP contribution in [0.15, 0.2) is 18.5 Å². The zero-order valence-corrected chi connectivity index (χ0v) is 11.2. The van der Waals surface area contributed by atoms with Gasteiger partial charge in [0.25, 0.3) is 0 Å². The Morgan fingerprint density at radius 3 is 2.60 bits per heavy atom. The second kappa shape index (κ2) is 4.37. The van der Waals surface area contributed by atoms with E-state index >= 15 is 0 Å². The van der Waals surface area contributed by atoms with Gasteiger partial charge in [-0.1, -0.05) is 11.6 Å². The fourth-order valence-corrected chi connectivity index (χ4v) is 2.54. The third-order valence-electron chi connectivity index (χ3n) is 3.30. The third kappa shape index (κ3) is 2.11. The van der Waals surface area contributed by atoms with E-state index in [1.54, 1.807) is 10.9 Å². The maximum Gasteiger partial charge on any atom is 0.417 e. The van der Waals surface area contributed by atoms with E-state index in [0.717, 1.165) is 23.5 Å². The van der Waals surface area contributed by atoms with E-state index in [-0.39, 0.29) is 5.02 Å². The van der Waals surface area contributed by atoms with Gasteiger partial charge in [-0.2, -0.15) is 18.3 Å². The van der Waals surface area contributed by atoms with Crippen LogP contribution in [0, 0.1) is 0 Å². The van der Waals surface area contributed by atoms with Crippen LogP contribution in [0.3, 0.4) is 0 Å². The highest BCUT2D eigenvalue weighted by Crippen LogP contribution is 2.35. The standard InChI is InChI=1S/C12H10ClF3N4/c1-19-10-6-20(5-7(10)3-18-19)11-9(13)2-8(4-17-11)12(14,15)16/h2-4H,5-6H2,1H3. The summed E-state index contributed by atoms with van der Waals surface area (Å²) in [5.74, 6) is 0.357. The molecule has 0 bridgehead atoms. The Hall–Kier alpha value is -1.76. The number of aryl methyl sites for hydroxylation is 1. The lowest BCUT2D eigenvalue weighted by atomic mass is 10.2. The van der Waals surface area contributed by atoms with Crippen molar-refractivity contribution in [2.75, 3.05) is 4.90 Å². The summed E-state index contributed by atoms with van der Waals surface area (Å²) in [6.07, 6.45) is -1.89. The van der Waals surface area contributed by atoms with Crippen molar-refractivity contribution in [2.24, 2.45) is 7.05 Å².